The van der Waals surface area contributed by atoms with E-state index in [0.717, 1.165) is 0 Å². The molecule has 0 aromatic carbocycles. The molecule has 0 aliphatic rings. The van der Waals surface area contributed by atoms with Crippen molar-refractivity contribution in [3.05, 3.63) is 6.20 Å². The zero-order chi connectivity index (χ0) is 8.27. The van der Waals surface area contributed by atoms with E-state index in [1.807, 2.05) is 6.92 Å². The van der Waals surface area contributed by atoms with Crippen LogP contribution in [0.1, 0.15) is 6.92 Å². The lowest BCUT2D eigenvalue weighted by Gasteiger charge is -2.04. The zero-order valence-corrected chi connectivity index (χ0v) is 6.44. The Hall–Kier alpha value is -1.10. The molecule has 0 amide bonds. The first-order valence-electron chi connectivity index (χ1n) is 3.49. The summed E-state index contributed by atoms with van der Waals surface area (Å²) in [4.78, 5) is 1.48. The molecule has 0 spiro atoms. The lowest BCUT2D eigenvalue weighted by molar-refractivity contribution is 0.214. The normalized spacial score (nSPS) is 13.3. The Morgan fingerprint density at radius 2 is 2.55 bits per heavy atom. The smallest absolute Gasteiger partial charge is 0.165 e. The first-order valence-corrected chi connectivity index (χ1v) is 3.49. The highest BCUT2D eigenvalue weighted by atomic mass is 16.3. The van der Waals surface area contributed by atoms with E-state index in [-0.39, 0.29) is 12.5 Å². The molecule has 1 unspecified atom stereocenters. The average Bonchev–Trinajstić information content (AvgIpc) is 2.35. The number of aliphatic hydroxyl groups excluding tert-OH is 1. The molecule has 3 N–H and O–H groups in total. The van der Waals surface area contributed by atoms with Crippen LogP contribution in [0, 0.1) is 5.92 Å². The Balaban J connectivity index is 2.50. The number of nitrogens with zero attached hydrogens (tertiary/aromatic N) is 3. The highest BCUT2D eigenvalue weighted by Crippen LogP contribution is 1.97. The van der Waals surface area contributed by atoms with Crippen LogP contribution in [0.3, 0.4) is 0 Å². The fourth-order valence-electron chi connectivity index (χ4n) is 0.735. The molecule has 5 nitrogen and oxygen atoms in total. The van der Waals surface area contributed by atoms with Gasteiger partial charge in [-0.25, -0.2) is 0 Å². The topological polar surface area (TPSA) is 77.0 Å². The summed E-state index contributed by atoms with van der Waals surface area (Å²) in [7, 11) is 0. The summed E-state index contributed by atoms with van der Waals surface area (Å²) >= 11 is 0. The molecular formula is C6H12N4O. The Bertz CT molecular complexity index is 222. The minimum absolute atomic E-state index is 0.140. The van der Waals surface area contributed by atoms with Gasteiger partial charge in [0.25, 0.3) is 0 Å². The molecule has 0 radical (unpaired) electrons. The summed E-state index contributed by atoms with van der Waals surface area (Å²) in [6, 6.07) is 0. The van der Waals surface area contributed by atoms with Crippen LogP contribution in [0.25, 0.3) is 0 Å². The van der Waals surface area contributed by atoms with Crippen LogP contribution in [0.4, 0.5) is 5.82 Å². The molecule has 0 bridgehead atoms. The Morgan fingerprint density at radius 1 is 1.82 bits per heavy atom. The molecule has 0 aliphatic heterocycles. The number of hydrogen-bond acceptors (Lipinski definition) is 4. The monoisotopic (exact) mass is 156 g/mol. The van der Waals surface area contributed by atoms with Crippen LogP contribution < -0.4 is 5.73 Å². The summed E-state index contributed by atoms with van der Waals surface area (Å²) in [5.74, 6) is 0.580. The molecule has 0 aliphatic carbocycles. The first-order chi connectivity index (χ1) is 5.22. The predicted octanol–water partition coefficient (Wildman–Crippen LogP) is -0.511. The summed E-state index contributed by atoms with van der Waals surface area (Å²) in [6.07, 6.45) is 1.49. The largest absolute Gasteiger partial charge is 0.396 e. The van der Waals surface area contributed by atoms with Gasteiger partial charge in [0.05, 0.1) is 12.7 Å². The lowest BCUT2D eigenvalue weighted by atomic mass is 10.2. The van der Waals surface area contributed by atoms with E-state index in [4.69, 9.17) is 10.8 Å². The Morgan fingerprint density at radius 3 is 3.00 bits per heavy atom. The van der Waals surface area contributed by atoms with Crippen molar-refractivity contribution in [2.24, 2.45) is 5.92 Å². The van der Waals surface area contributed by atoms with Crippen molar-refractivity contribution in [1.29, 1.82) is 0 Å². The number of nitrogen functional groups attached to an aromatic ring is 1. The van der Waals surface area contributed by atoms with Gasteiger partial charge in [0.1, 0.15) is 0 Å². The van der Waals surface area contributed by atoms with Gasteiger partial charge in [-0.05, 0) is 0 Å². The highest BCUT2D eigenvalue weighted by molar-refractivity contribution is 5.19. The summed E-state index contributed by atoms with van der Waals surface area (Å²) in [6.45, 7) is 2.66. The van der Waals surface area contributed by atoms with Crippen molar-refractivity contribution in [2.75, 3.05) is 12.3 Å². The fourth-order valence-corrected chi connectivity index (χ4v) is 0.735. The van der Waals surface area contributed by atoms with Crippen LogP contribution in [0.15, 0.2) is 6.20 Å². The molecule has 0 saturated heterocycles. The van der Waals surface area contributed by atoms with Gasteiger partial charge in [-0.15, -0.1) is 5.10 Å². The van der Waals surface area contributed by atoms with Crippen molar-refractivity contribution in [2.45, 2.75) is 13.5 Å². The standard InChI is InChI=1S/C6H12N4O/c1-5(4-11)3-10-8-2-6(7)9-10/h2,5,11H,3-4H2,1H3,(H2,7,9). The molecule has 1 aromatic rings. The third kappa shape index (κ3) is 2.19. The molecule has 1 atom stereocenters. The maximum absolute atomic E-state index is 8.70. The molecule has 11 heavy (non-hydrogen) atoms. The van der Waals surface area contributed by atoms with Crippen molar-refractivity contribution in [3.63, 3.8) is 0 Å². The van der Waals surface area contributed by atoms with E-state index in [0.29, 0.717) is 12.4 Å². The van der Waals surface area contributed by atoms with Crippen molar-refractivity contribution >= 4 is 5.82 Å². The third-order valence-electron chi connectivity index (χ3n) is 1.34. The second-order valence-electron chi connectivity index (χ2n) is 2.61. The van der Waals surface area contributed by atoms with Crippen molar-refractivity contribution in [3.8, 4) is 0 Å². The quantitative estimate of drug-likeness (QED) is 0.617. The Kier molecular flexibility index (Phi) is 2.43. The number of anilines is 1. The molecule has 0 saturated carbocycles. The van der Waals surface area contributed by atoms with Gasteiger partial charge in [-0.1, -0.05) is 6.92 Å². The minimum Gasteiger partial charge on any atom is -0.396 e. The number of aliphatic hydroxyl groups is 1. The first kappa shape index (κ1) is 8.00. The molecule has 1 aromatic heterocycles. The molecular weight excluding hydrogens is 144 g/mol. The van der Waals surface area contributed by atoms with Gasteiger partial charge in [0.2, 0.25) is 0 Å². The number of aromatic nitrogens is 3. The maximum atomic E-state index is 8.70. The number of hydrogen-bond donors (Lipinski definition) is 2. The van der Waals surface area contributed by atoms with E-state index in [9.17, 15) is 0 Å². The summed E-state index contributed by atoms with van der Waals surface area (Å²) in [5.41, 5.74) is 5.34. The summed E-state index contributed by atoms with van der Waals surface area (Å²) < 4.78 is 0. The zero-order valence-electron chi connectivity index (χ0n) is 6.44. The molecule has 5 heteroatoms. The maximum Gasteiger partial charge on any atom is 0.165 e. The fraction of sp³-hybridized carbons (Fsp3) is 0.667. The average molecular weight is 156 g/mol. The van der Waals surface area contributed by atoms with Crippen LogP contribution in [-0.4, -0.2) is 26.7 Å². The van der Waals surface area contributed by atoms with E-state index in [2.05, 4.69) is 10.2 Å². The van der Waals surface area contributed by atoms with Crippen LogP contribution in [-0.2, 0) is 6.54 Å². The van der Waals surface area contributed by atoms with Gasteiger partial charge >= 0.3 is 0 Å². The van der Waals surface area contributed by atoms with E-state index < -0.39 is 0 Å². The molecule has 1 rings (SSSR count). The van der Waals surface area contributed by atoms with Crippen molar-refractivity contribution in [1.82, 2.24) is 15.0 Å². The van der Waals surface area contributed by atoms with Crippen LogP contribution in [0.5, 0.6) is 0 Å². The molecule has 0 fully saturated rings. The van der Waals surface area contributed by atoms with Gasteiger partial charge in [0.15, 0.2) is 5.82 Å². The predicted molar refractivity (Wildman–Crippen MR) is 40.7 cm³/mol. The third-order valence-corrected chi connectivity index (χ3v) is 1.34. The lowest BCUT2D eigenvalue weighted by Crippen LogP contribution is -2.13. The SMILES string of the molecule is CC(CO)Cn1ncc(N)n1. The van der Waals surface area contributed by atoms with Crippen LogP contribution in [0.2, 0.25) is 0 Å². The van der Waals surface area contributed by atoms with E-state index in [1.54, 1.807) is 0 Å². The van der Waals surface area contributed by atoms with E-state index >= 15 is 0 Å². The summed E-state index contributed by atoms with van der Waals surface area (Å²) in [5, 5.41) is 16.4. The van der Waals surface area contributed by atoms with Crippen LogP contribution >= 0.6 is 0 Å². The minimum atomic E-state index is 0.140. The van der Waals surface area contributed by atoms with Gasteiger partial charge in [-0.3, -0.25) is 0 Å². The highest BCUT2D eigenvalue weighted by Gasteiger charge is 2.02. The molecule has 1 heterocycles. The Labute approximate surface area is 64.8 Å². The number of nitrogens with two attached hydrogens (primary N) is 1. The van der Waals surface area contributed by atoms with Gasteiger partial charge in [0, 0.05) is 12.5 Å². The van der Waals surface area contributed by atoms with Gasteiger partial charge in [-0.2, -0.15) is 9.90 Å². The molecule has 62 valence electrons. The number of rotatable bonds is 3. The van der Waals surface area contributed by atoms with E-state index in [1.165, 1.54) is 11.0 Å². The van der Waals surface area contributed by atoms with Crippen molar-refractivity contribution < 1.29 is 5.11 Å². The second kappa shape index (κ2) is 3.34. The van der Waals surface area contributed by atoms with Gasteiger partial charge < -0.3 is 10.8 Å². The second-order valence-corrected chi connectivity index (χ2v) is 2.61.